The number of nitrogens with zero attached hydrogens (tertiary/aromatic N) is 2. The molecular weight excluding hydrogens is 884 g/mol. The predicted molar refractivity (Wildman–Crippen MR) is 313 cm³/mol. The highest BCUT2D eigenvalue weighted by atomic mass is 16.3. The molecule has 0 amide bonds. The standard InChI is InChI=1S/C69H75BN2O/c1-40-31-41(2)59(42(3)32-40)44-33-50-51-36-46(65(7,8)9)37-54-62(51)72(69(15)28-20-19-27-68(54,69)14)70-60(50)57(34-44)71(55-25-23-45(64(4,5)6)35-48(55)43-21-17-16-18-22-43)56-26-24-47-49-38-52-53(39-58(49)73-63(47)61(56)70)67(12,13)30-29-66(52,10)11/h16-18,21-26,31-39H,19-20,27-30H2,1-15H3. The first-order valence-corrected chi connectivity index (χ1v) is 27.7. The van der Waals surface area contributed by atoms with Gasteiger partial charge in [-0.3, -0.25) is 0 Å². The average molecular weight is 959 g/mol. The van der Waals surface area contributed by atoms with Crippen LogP contribution in [0.15, 0.2) is 114 Å². The lowest BCUT2D eigenvalue weighted by Gasteiger charge is -2.55. The highest BCUT2D eigenvalue weighted by Gasteiger charge is 2.63. The highest BCUT2D eigenvalue weighted by Crippen LogP contribution is 2.64. The Bertz CT molecular complexity index is 3660. The summed E-state index contributed by atoms with van der Waals surface area (Å²) in [5.74, 6) is 0. The molecule has 1 fully saturated rings. The molecule has 3 nitrogen and oxygen atoms in total. The Balaban J connectivity index is 1.23. The van der Waals surface area contributed by atoms with Crippen molar-refractivity contribution in [1.29, 1.82) is 0 Å². The van der Waals surface area contributed by atoms with E-state index in [1.165, 1.54) is 142 Å². The van der Waals surface area contributed by atoms with Crippen molar-refractivity contribution >= 4 is 62.5 Å². The fourth-order valence-corrected chi connectivity index (χ4v) is 15.2. The number of fused-ring (bicyclic) bond motifs is 12. The molecule has 2 aliphatic carbocycles. The van der Waals surface area contributed by atoms with Crippen LogP contribution in [0.1, 0.15) is 166 Å². The van der Waals surface area contributed by atoms with Crippen molar-refractivity contribution < 1.29 is 4.42 Å². The van der Waals surface area contributed by atoms with E-state index in [2.05, 4.69) is 223 Å². The van der Waals surface area contributed by atoms with Gasteiger partial charge in [0, 0.05) is 55.4 Å². The molecule has 7 aromatic carbocycles. The van der Waals surface area contributed by atoms with E-state index in [0.29, 0.717) is 0 Å². The molecule has 4 heteroatoms. The second-order valence-electron chi connectivity index (χ2n) is 27.3. The molecular formula is C69H75BN2O. The number of furan rings is 1. The van der Waals surface area contributed by atoms with Crippen LogP contribution in [0.4, 0.5) is 22.7 Å². The van der Waals surface area contributed by atoms with Gasteiger partial charge < -0.3 is 14.1 Å². The zero-order valence-corrected chi connectivity index (χ0v) is 46.5. The minimum Gasteiger partial charge on any atom is -0.456 e. The SMILES string of the molecule is Cc1cc(C)c(-c2cc3c4c(c2)N(c2ccc(C(C)(C)C)cc2-c2ccccc2)c2ccc5c(oc6cc7c(cc65)C(C)(C)CCC7(C)C)c2B4N2c4c-3cc(C(C)(C)C)cc4C3(C)CCCCC23C)c(C)c1. The zero-order valence-electron chi connectivity index (χ0n) is 46.5. The predicted octanol–water partition coefficient (Wildman–Crippen LogP) is 17.8. The summed E-state index contributed by atoms with van der Waals surface area (Å²) >= 11 is 0. The molecule has 2 atom stereocenters. The van der Waals surface area contributed by atoms with Gasteiger partial charge in [0.05, 0.1) is 5.69 Å². The van der Waals surface area contributed by atoms with Gasteiger partial charge in [-0.1, -0.05) is 149 Å². The van der Waals surface area contributed by atoms with E-state index >= 15 is 0 Å². The van der Waals surface area contributed by atoms with Gasteiger partial charge in [-0.2, -0.15) is 0 Å². The fraction of sp³-hybridized carbons (Fsp3) is 0.391. The second-order valence-corrected chi connectivity index (χ2v) is 27.3. The van der Waals surface area contributed by atoms with Crippen LogP contribution in [0.3, 0.4) is 0 Å². The Hall–Kier alpha value is -6.00. The van der Waals surface area contributed by atoms with Crippen molar-refractivity contribution in [3.8, 4) is 33.4 Å². The first-order chi connectivity index (χ1) is 34.4. The van der Waals surface area contributed by atoms with Crippen molar-refractivity contribution in [3.63, 3.8) is 0 Å². The Morgan fingerprint density at radius 1 is 0.521 bits per heavy atom. The summed E-state index contributed by atoms with van der Waals surface area (Å²) in [6.45, 7) is 36.1. The number of aryl methyl sites for hydroxylation is 3. The van der Waals surface area contributed by atoms with E-state index in [9.17, 15) is 0 Å². The van der Waals surface area contributed by atoms with E-state index in [1.54, 1.807) is 5.56 Å². The molecule has 8 aromatic rings. The van der Waals surface area contributed by atoms with Crippen molar-refractivity contribution in [1.82, 2.24) is 0 Å². The average Bonchev–Trinajstić information content (AvgIpc) is 3.80. The van der Waals surface area contributed by atoms with Crippen molar-refractivity contribution in [2.24, 2.45) is 0 Å². The third-order valence-electron chi connectivity index (χ3n) is 19.6. The van der Waals surface area contributed by atoms with Gasteiger partial charge in [-0.15, -0.1) is 0 Å². The third-order valence-corrected chi connectivity index (χ3v) is 19.6. The van der Waals surface area contributed by atoms with E-state index in [0.717, 1.165) is 24.0 Å². The summed E-state index contributed by atoms with van der Waals surface area (Å²) in [4.78, 5) is 5.68. The van der Waals surface area contributed by atoms with Crippen LogP contribution in [0.25, 0.3) is 55.3 Å². The summed E-state index contributed by atoms with van der Waals surface area (Å²) in [5.41, 5.74) is 28.6. The van der Waals surface area contributed by atoms with Gasteiger partial charge in [0.25, 0.3) is 0 Å². The van der Waals surface area contributed by atoms with Gasteiger partial charge in [-0.05, 0) is 196 Å². The minimum absolute atomic E-state index is 0.0419. The number of hydrogen-bond donors (Lipinski definition) is 0. The Morgan fingerprint density at radius 2 is 1.16 bits per heavy atom. The monoisotopic (exact) mass is 959 g/mol. The van der Waals surface area contributed by atoms with E-state index < -0.39 is 0 Å². The van der Waals surface area contributed by atoms with Gasteiger partial charge in [0.1, 0.15) is 11.2 Å². The van der Waals surface area contributed by atoms with Crippen LogP contribution in [-0.4, -0.2) is 12.4 Å². The summed E-state index contributed by atoms with van der Waals surface area (Å²) in [6.07, 6.45) is 7.12. The van der Waals surface area contributed by atoms with Crippen LogP contribution in [0.5, 0.6) is 0 Å². The van der Waals surface area contributed by atoms with Crippen LogP contribution >= 0.6 is 0 Å². The maximum Gasteiger partial charge on any atom is 0.332 e. The third kappa shape index (κ3) is 6.43. The molecule has 1 saturated carbocycles. The van der Waals surface area contributed by atoms with Crippen LogP contribution in [0.2, 0.25) is 0 Å². The number of anilines is 4. The normalized spacial score (nSPS) is 21.3. The lowest BCUT2D eigenvalue weighted by Crippen LogP contribution is -2.70. The van der Waals surface area contributed by atoms with Crippen LogP contribution in [-0.2, 0) is 27.1 Å². The van der Waals surface area contributed by atoms with Crippen molar-refractivity contribution in [2.45, 2.75) is 175 Å². The molecule has 0 bridgehead atoms. The Kier molecular flexibility index (Phi) is 9.66. The molecule has 2 unspecified atom stereocenters. The molecule has 0 saturated heterocycles. The smallest absolute Gasteiger partial charge is 0.332 e. The zero-order chi connectivity index (χ0) is 51.3. The number of rotatable bonds is 3. The van der Waals surface area contributed by atoms with Crippen LogP contribution < -0.4 is 20.6 Å². The van der Waals surface area contributed by atoms with Crippen molar-refractivity contribution in [3.05, 3.63) is 154 Å². The van der Waals surface area contributed by atoms with E-state index in [-0.39, 0.29) is 39.5 Å². The van der Waals surface area contributed by atoms with Gasteiger partial charge in [0.15, 0.2) is 0 Å². The molecule has 73 heavy (non-hydrogen) atoms. The lowest BCUT2D eigenvalue weighted by molar-refractivity contribution is 0.199. The number of hydrogen-bond acceptors (Lipinski definition) is 3. The molecule has 3 aliphatic heterocycles. The Morgan fingerprint density at radius 3 is 1.85 bits per heavy atom. The van der Waals surface area contributed by atoms with Gasteiger partial charge in [-0.25, -0.2) is 0 Å². The first-order valence-electron chi connectivity index (χ1n) is 27.7. The molecule has 370 valence electrons. The summed E-state index contributed by atoms with van der Waals surface area (Å²) in [7, 11) is 0. The Labute approximate surface area is 436 Å². The molecule has 0 radical (unpaired) electrons. The van der Waals surface area contributed by atoms with Gasteiger partial charge in [0.2, 0.25) is 0 Å². The molecule has 4 heterocycles. The largest absolute Gasteiger partial charge is 0.456 e. The number of benzene rings is 7. The second kappa shape index (κ2) is 15.1. The molecule has 0 spiro atoms. The summed E-state index contributed by atoms with van der Waals surface area (Å²) in [5, 5.41) is 2.46. The van der Waals surface area contributed by atoms with Crippen LogP contribution in [0, 0.1) is 20.8 Å². The van der Waals surface area contributed by atoms with E-state index in [1.807, 2.05) is 0 Å². The fourth-order valence-electron chi connectivity index (χ4n) is 15.2. The highest BCUT2D eigenvalue weighted by molar-refractivity contribution is 6.94. The topological polar surface area (TPSA) is 19.6 Å². The van der Waals surface area contributed by atoms with E-state index in [4.69, 9.17) is 4.42 Å². The molecule has 1 aromatic heterocycles. The molecule has 13 rings (SSSR count). The summed E-state index contributed by atoms with van der Waals surface area (Å²) in [6, 6.07) is 43.6. The lowest BCUT2D eigenvalue weighted by atomic mass is 9.42. The van der Waals surface area contributed by atoms with Gasteiger partial charge >= 0.3 is 6.85 Å². The first kappa shape index (κ1) is 46.8. The molecule has 0 N–H and O–H groups in total. The minimum atomic E-state index is -0.147. The maximum atomic E-state index is 7.69. The van der Waals surface area contributed by atoms with Crippen molar-refractivity contribution in [2.75, 3.05) is 9.71 Å². The quantitative estimate of drug-likeness (QED) is 0.165. The maximum absolute atomic E-state index is 7.69. The molecule has 5 aliphatic rings. The summed E-state index contributed by atoms with van der Waals surface area (Å²) < 4.78 is 7.69.